The number of hydrogen-bond donors (Lipinski definition) is 0. The van der Waals surface area contributed by atoms with Gasteiger partial charge in [-0.25, -0.2) is 0 Å². The molecule has 1 aromatic rings. The summed E-state index contributed by atoms with van der Waals surface area (Å²) in [5, 5.41) is 0. The second-order valence-corrected chi connectivity index (χ2v) is 7.51. The minimum Gasteiger partial charge on any atom is -0.469 e. The van der Waals surface area contributed by atoms with Gasteiger partial charge in [-0.1, -0.05) is 59.1 Å². The van der Waals surface area contributed by atoms with E-state index >= 15 is 0 Å². The van der Waals surface area contributed by atoms with Crippen molar-refractivity contribution in [1.29, 1.82) is 0 Å². The molecule has 0 radical (unpaired) electrons. The van der Waals surface area contributed by atoms with E-state index in [0.717, 1.165) is 19.3 Å². The number of unbranched alkanes of at least 4 members (excludes halogenated alkanes) is 3. The van der Waals surface area contributed by atoms with Gasteiger partial charge >= 0.3 is 5.97 Å². The Bertz CT molecular complexity index is 543. The molecule has 0 atom stereocenters. The minimum atomic E-state index is -0.283. The maximum absolute atomic E-state index is 12.8. The lowest BCUT2D eigenvalue weighted by molar-refractivity contribution is -0.140. The van der Waals surface area contributed by atoms with Gasteiger partial charge < -0.3 is 9.64 Å². The third-order valence-corrected chi connectivity index (χ3v) is 4.38. The monoisotopic (exact) mass is 347 g/mol. The Kier molecular flexibility index (Phi) is 8.67. The summed E-state index contributed by atoms with van der Waals surface area (Å²) in [6.45, 7) is 9.70. The molecule has 25 heavy (non-hydrogen) atoms. The smallest absolute Gasteiger partial charge is 0.307 e. The first-order chi connectivity index (χ1) is 11.8. The molecule has 0 bridgehead atoms. The van der Waals surface area contributed by atoms with Crippen LogP contribution in [0.15, 0.2) is 24.3 Å². The molecule has 140 valence electrons. The van der Waals surface area contributed by atoms with E-state index in [-0.39, 0.29) is 23.7 Å². The van der Waals surface area contributed by atoms with Crippen molar-refractivity contribution in [2.45, 2.75) is 65.2 Å². The summed E-state index contributed by atoms with van der Waals surface area (Å²) in [6, 6.07) is 7.81. The zero-order chi connectivity index (χ0) is 18.9. The topological polar surface area (TPSA) is 46.6 Å². The van der Waals surface area contributed by atoms with Crippen LogP contribution in [-0.4, -0.2) is 37.0 Å². The second kappa shape index (κ2) is 10.2. The maximum atomic E-state index is 12.8. The van der Waals surface area contributed by atoms with E-state index in [1.807, 2.05) is 24.3 Å². The second-order valence-electron chi connectivity index (χ2n) is 7.51. The molecule has 4 nitrogen and oxygen atoms in total. The van der Waals surface area contributed by atoms with Gasteiger partial charge in [-0.15, -0.1) is 0 Å². The fourth-order valence-corrected chi connectivity index (χ4v) is 2.67. The normalized spacial score (nSPS) is 11.2. The van der Waals surface area contributed by atoms with Crippen molar-refractivity contribution >= 4 is 11.9 Å². The van der Waals surface area contributed by atoms with Gasteiger partial charge in [0.05, 0.1) is 13.5 Å². The molecule has 1 amide bonds. The van der Waals surface area contributed by atoms with Gasteiger partial charge in [0, 0.05) is 18.7 Å². The molecule has 0 heterocycles. The van der Waals surface area contributed by atoms with Gasteiger partial charge in [0.2, 0.25) is 0 Å². The lowest BCUT2D eigenvalue weighted by Crippen LogP contribution is -2.34. The average Bonchev–Trinajstić information content (AvgIpc) is 2.59. The van der Waals surface area contributed by atoms with E-state index in [2.05, 4.69) is 27.7 Å². The molecule has 0 N–H and O–H groups in total. The maximum Gasteiger partial charge on any atom is 0.307 e. The summed E-state index contributed by atoms with van der Waals surface area (Å²) in [5.74, 6) is -0.296. The number of ether oxygens (including phenoxy) is 1. The van der Waals surface area contributed by atoms with E-state index in [0.29, 0.717) is 18.7 Å². The molecule has 1 rings (SSSR count). The molecule has 0 aliphatic carbocycles. The summed E-state index contributed by atoms with van der Waals surface area (Å²) in [4.78, 5) is 26.1. The molecule has 0 aromatic heterocycles. The zero-order valence-electron chi connectivity index (χ0n) is 16.4. The fourth-order valence-electron chi connectivity index (χ4n) is 2.67. The third-order valence-electron chi connectivity index (χ3n) is 4.38. The van der Waals surface area contributed by atoms with Crippen molar-refractivity contribution in [2.75, 3.05) is 20.2 Å². The van der Waals surface area contributed by atoms with Crippen molar-refractivity contribution in [3.05, 3.63) is 35.4 Å². The Balaban J connectivity index is 2.80. The Morgan fingerprint density at radius 3 is 2.16 bits per heavy atom. The molecule has 0 fully saturated rings. The first kappa shape index (κ1) is 21.2. The van der Waals surface area contributed by atoms with Crippen LogP contribution in [0.3, 0.4) is 0 Å². The zero-order valence-corrected chi connectivity index (χ0v) is 16.4. The van der Waals surface area contributed by atoms with E-state index < -0.39 is 0 Å². The first-order valence-electron chi connectivity index (χ1n) is 9.26. The Hall–Kier alpha value is -1.84. The Labute approximate surface area is 152 Å². The largest absolute Gasteiger partial charge is 0.469 e. The predicted molar refractivity (Wildman–Crippen MR) is 102 cm³/mol. The van der Waals surface area contributed by atoms with Crippen LogP contribution >= 0.6 is 0 Å². The number of nitrogens with zero attached hydrogens (tertiary/aromatic N) is 1. The number of benzene rings is 1. The molecular weight excluding hydrogens is 314 g/mol. The molecule has 0 saturated heterocycles. The van der Waals surface area contributed by atoms with Gasteiger partial charge in [0.25, 0.3) is 5.91 Å². The molecule has 0 saturated carbocycles. The van der Waals surface area contributed by atoms with Crippen LogP contribution in [0, 0.1) is 0 Å². The highest BCUT2D eigenvalue weighted by molar-refractivity contribution is 5.94. The van der Waals surface area contributed by atoms with Crippen molar-refractivity contribution in [2.24, 2.45) is 0 Å². The predicted octanol–water partition coefficient (Wildman–Crippen LogP) is 4.57. The van der Waals surface area contributed by atoms with Crippen molar-refractivity contribution in [1.82, 2.24) is 4.90 Å². The van der Waals surface area contributed by atoms with Gasteiger partial charge in [-0.3, -0.25) is 9.59 Å². The summed E-state index contributed by atoms with van der Waals surface area (Å²) in [7, 11) is 1.38. The summed E-state index contributed by atoms with van der Waals surface area (Å²) in [5.41, 5.74) is 1.94. The number of methoxy groups -OCH3 is 1. The lowest BCUT2D eigenvalue weighted by Gasteiger charge is -2.23. The van der Waals surface area contributed by atoms with Gasteiger partial charge in [-0.2, -0.15) is 0 Å². The number of hydrogen-bond acceptors (Lipinski definition) is 3. The highest BCUT2D eigenvalue weighted by Crippen LogP contribution is 2.22. The minimum absolute atomic E-state index is 0.0131. The quantitative estimate of drug-likeness (QED) is 0.485. The average molecular weight is 347 g/mol. The SMILES string of the molecule is CCCCCCN(CCC(=O)OC)C(=O)c1ccc(C(C)(C)C)cc1. The standard InChI is InChI=1S/C21H33NO3/c1-6-7-8-9-15-22(16-14-19(23)25-5)20(24)17-10-12-18(13-11-17)21(2,3)4/h10-13H,6-9,14-16H2,1-5H3. The number of carbonyl (C=O) groups is 2. The van der Waals surface area contributed by atoms with Gasteiger partial charge in [-0.05, 0) is 29.5 Å². The number of amides is 1. The molecular formula is C21H33NO3. The number of esters is 1. The van der Waals surface area contributed by atoms with E-state index in [4.69, 9.17) is 4.74 Å². The summed E-state index contributed by atoms with van der Waals surface area (Å²) in [6.07, 6.45) is 4.61. The highest BCUT2D eigenvalue weighted by Gasteiger charge is 2.18. The van der Waals surface area contributed by atoms with E-state index in [9.17, 15) is 9.59 Å². The van der Waals surface area contributed by atoms with Crippen molar-refractivity contribution < 1.29 is 14.3 Å². The van der Waals surface area contributed by atoms with Crippen LogP contribution in [0.4, 0.5) is 0 Å². The molecule has 1 aromatic carbocycles. The van der Waals surface area contributed by atoms with Crippen molar-refractivity contribution in [3.63, 3.8) is 0 Å². The molecule has 0 spiro atoms. The molecule has 0 unspecified atom stereocenters. The highest BCUT2D eigenvalue weighted by atomic mass is 16.5. The summed E-state index contributed by atoms with van der Waals surface area (Å²) < 4.78 is 4.71. The number of rotatable bonds is 9. The van der Waals surface area contributed by atoms with Crippen molar-refractivity contribution in [3.8, 4) is 0 Å². The molecule has 0 aliphatic heterocycles. The van der Waals surface area contributed by atoms with Gasteiger partial charge in [0.1, 0.15) is 0 Å². The van der Waals surface area contributed by atoms with Crippen LogP contribution in [0.2, 0.25) is 0 Å². The van der Waals surface area contributed by atoms with E-state index in [1.165, 1.54) is 19.1 Å². The van der Waals surface area contributed by atoms with Gasteiger partial charge in [0.15, 0.2) is 0 Å². The van der Waals surface area contributed by atoms with Crippen LogP contribution in [-0.2, 0) is 14.9 Å². The van der Waals surface area contributed by atoms with E-state index in [1.54, 1.807) is 4.90 Å². The summed E-state index contributed by atoms with van der Waals surface area (Å²) >= 11 is 0. The Morgan fingerprint density at radius 1 is 1.00 bits per heavy atom. The first-order valence-corrected chi connectivity index (χ1v) is 9.26. The van der Waals surface area contributed by atoms with Crippen LogP contribution in [0.5, 0.6) is 0 Å². The van der Waals surface area contributed by atoms with Crippen LogP contribution < -0.4 is 0 Å². The van der Waals surface area contributed by atoms with Crippen LogP contribution in [0.25, 0.3) is 0 Å². The number of carbonyl (C=O) groups excluding carboxylic acids is 2. The van der Waals surface area contributed by atoms with Crippen LogP contribution in [0.1, 0.15) is 75.7 Å². The lowest BCUT2D eigenvalue weighted by atomic mass is 9.86. The third kappa shape index (κ3) is 7.29. The molecule has 4 heteroatoms. The Morgan fingerprint density at radius 2 is 1.64 bits per heavy atom. The fraction of sp³-hybridized carbons (Fsp3) is 0.619. The molecule has 0 aliphatic rings.